The van der Waals surface area contributed by atoms with Gasteiger partial charge in [-0.25, -0.2) is 0 Å². The van der Waals surface area contributed by atoms with Crippen molar-refractivity contribution >= 4 is 11.8 Å². The molecule has 158 valence electrons. The molecule has 2 nitrogen and oxygen atoms in total. The van der Waals surface area contributed by atoms with Gasteiger partial charge in [0.1, 0.15) is 0 Å². The van der Waals surface area contributed by atoms with E-state index >= 15 is 0 Å². The SMILES string of the molecule is CCCCCCCCCCOC(CO)CSCCCCCCCCCC. The molecule has 0 aromatic rings. The first-order valence-electron chi connectivity index (χ1n) is 11.6. The van der Waals surface area contributed by atoms with E-state index in [2.05, 4.69) is 13.8 Å². The second kappa shape index (κ2) is 23.3. The van der Waals surface area contributed by atoms with Crippen LogP contribution >= 0.6 is 11.8 Å². The number of thioether (sulfide) groups is 1. The minimum absolute atomic E-state index is 0.0404. The normalized spacial score (nSPS) is 12.6. The number of aliphatic hydroxyl groups is 1. The van der Waals surface area contributed by atoms with E-state index in [9.17, 15) is 5.11 Å². The fraction of sp³-hybridized carbons (Fsp3) is 1.00. The van der Waals surface area contributed by atoms with Crippen molar-refractivity contribution in [2.24, 2.45) is 0 Å². The zero-order chi connectivity index (χ0) is 19.1. The van der Waals surface area contributed by atoms with Gasteiger partial charge in [-0.05, 0) is 18.6 Å². The summed E-state index contributed by atoms with van der Waals surface area (Å²) in [5.74, 6) is 2.16. The lowest BCUT2D eigenvalue weighted by atomic mass is 10.1. The smallest absolute Gasteiger partial charge is 0.0895 e. The van der Waals surface area contributed by atoms with Crippen LogP contribution < -0.4 is 0 Å². The Morgan fingerprint density at radius 1 is 0.654 bits per heavy atom. The van der Waals surface area contributed by atoms with Gasteiger partial charge in [0.25, 0.3) is 0 Å². The molecule has 3 heteroatoms. The Morgan fingerprint density at radius 3 is 1.62 bits per heavy atom. The van der Waals surface area contributed by atoms with Crippen LogP contribution in [0.1, 0.15) is 117 Å². The van der Waals surface area contributed by atoms with E-state index in [1.165, 1.54) is 102 Å². The summed E-state index contributed by atoms with van der Waals surface area (Å²) in [4.78, 5) is 0. The van der Waals surface area contributed by atoms with E-state index in [0.717, 1.165) is 18.8 Å². The molecule has 0 aliphatic carbocycles. The van der Waals surface area contributed by atoms with Crippen molar-refractivity contribution in [3.05, 3.63) is 0 Å². The highest BCUT2D eigenvalue weighted by Crippen LogP contribution is 2.13. The fourth-order valence-electron chi connectivity index (χ4n) is 3.19. The van der Waals surface area contributed by atoms with E-state index in [-0.39, 0.29) is 12.7 Å². The lowest BCUT2D eigenvalue weighted by Crippen LogP contribution is -2.21. The molecule has 1 atom stereocenters. The molecule has 0 spiro atoms. The van der Waals surface area contributed by atoms with Gasteiger partial charge in [-0.15, -0.1) is 0 Å². The molecule has 0 rings (SSSR count). The van der Waals surface area contributed by atoms with Crippen LogP contribution in [0.25, 0.3) is 0 Å². The molecule has 0 aliphatic rings. The van der Waals surface area contributed by atoms with E-state index in [4.69, 9.17) is 4.74 Å². The molecule has 1 unspecified atom stereocenters. The molecule has 0 radical (unpaired) electrons. The second-order valence-electron chi connectivity index (χ2n) is 7.70. The van der Waals surface area contributed by atoms with Crippen molar-refractivity contribution in [3.8, 4) is 0 Å². The summed E-state index contributed by atoms with van der Waals surface area (Å²) in [7, 11) is 0. The number of unbranched alkanes of at least 4 members (excludes halogenated alkanes) is 14. The highest BCUT2D eigenvalue weighted by atomic mass is 32.2. The number of rotatable bonds is 22. The first-order valence-corrected chi connectivity index (χ1v) is 12.8. The van der Waals surface area contributed by atoms with Crippen LogP contribution in [0.4, 0.5) is 0 Å². The van der Waals surface area contributed by atoms with Gasteiger partial charge in [0, 0.05) is 12.4 Å². The highest BCUT2D eigenvalue weighted by molar-refractivity contribution is 7.99. The summed E-state index contributed by atoms with van der Waals surface area (Å²) in [5.41, 5.74) is 0. The van der Waals surface area contributed by atoms with E-state index in [0.29, 0.717) is 0 Å². The fourth-order valence-corrected chi connectivity index (χ4v) is 4.23. The summed E-state index contributed by atoms with van der Waals surface area (Å²) in [6.07, 6.45) is 21.7. The van der Waals surface area contributed by atoms with Crippen molar-refractivity contribution in [2.45, 2.75) is 123 Å². The predicted octanol–water partition coefficient (Wildman–Crippen LogP) is 7.38. The zero-order valence-electron chi connectivity index (χ0n) is 18.0. The molecule has 0 fully saturated rings. The number of hydrogen-bond acceptors (Lipinski definition) is 3. The number of hydrogen-bond donors (Lipinski definition) is 1. The molecule has 0 amide bonds. The standard InChI is InChI=1S/C23H48O2S/c1-3-5-7-9-11-13-15-17-19-25-23(21-24)22-26-20-18-16-14-12-10-8-6-4-2/h23-24H,3-22H2,1-2H3. The Kier molecular flexibility index (Phi) is 23.6. The third-order valence-corrected chi connectivity index (χ3v) is 6.19. The summed E-state index contributed by atoms with van der Waals surface area (Å²) >= 11 is 1.95. The van der Waals surface area contributed by atoms with E-state index < -0.39 is 0 Å². The van der Waals surface area contributed by atoms with Crippen LogP contribution in [-0.4, -0.2) is 35.9 Å². The van der Waals surface area contributed by atoms with Crippen LogP contribution in [-0.2, 0) is 4.74 Å². The predicted molar refractivity (Wildman–Crippen MR) is 119 cm³/mol. The van der Waals surface area contributed by atoms with Crippen molar-refractivity contribution in [1.29, 1.82) is 0 Å². The molecule has 0 aromatic heterocycles. The average Bonchev–Trinajstić information content (AvgIpc) is 2.66. The topological polar surface area (TPSA) is 29.5 Å². The quantitative estimate of drug-likeness (QED) is 0.196. The summed E-state index contributed by atoms with van der Waals surface area (Å²) in [5, 5.41) is 9.45. The van der Waals surface area contributed by atoms with Crippen molar-refractivity contribution in [2.75, 3.05) is 24.7 Å². The molecule has 0 saturated heterocycles. The van der Waals surface area contributed by atoms with Crippen molar-refractivity contribution in [3.63, 3.8) is 0 Å². The minimum atomic E-state index is 0.0404. The van der Waals surface area contributed by atoms with Crippen LogP contribution in [0.2, 0.25) is 0 Å². The van der Waals surface area contributed by atoms with Gasteiger partial charge in [0.15, 0.2) is 0 Å². The first-order chi connectivity index (χ1) is 12.8. The molecule has 0 aliphatic heterocycles. The van der Waals surface area contributed by atoms with Crippen molar-refractivity contribution in [1.82, 2.24) is 0 Å². The average molecular weight is 389 g/mol. The Balaban J connectivity index is 3.28. The van der Waals surface area contributed by atoms with Gasteiger partial charge in [0.2, 0.25) is 0 Å². The van der Waals surface area contributed by atoms with Gasteiger partial charge >= 0.3 is 0 Å². The van der Waals surface area contributed by atoms with Crippen LogP contribution in [0.5, 0.6) is 0 Å². The Labute approximate surface area is 169 Å². The Hall–Kier alpha value is 0.270. The van der Waals surface area contributed by atoms with E-state index in [1.54, 1.807) is 0 Å². The molecule has 26 heavy (non-hydrogen) atoms. The Morgan fingerprint density at radius 2 is 1.12 bits per heavy atom. The van der Waals surface area contributed by atoms with Gasteiger partial charge in [0.05, 0.1) is 12.7 Å². The van der Waals surface area contributed by atoms with Crippen LogP contribution in [0.3, 0.4) is 0 Å². The number of aliphatic hydroxyl groups excluding tert-OH is 1. The lowest BCUT2D eigenvalue weighted by molar-refractivity contribution is 0.0260. The molecule has 1 N–H and O–H groups in total. The summed E-state index contributed by atoms with van der Waals surface area (Å²) in [6.45, 7) is 5.53. The van der Waals surface area contributed by atoms with Gasteiger partial charge in [-0.2, -0.15) is 11.8 Å². The highest BCUT2D eigenvalue weighted by Gasteiger charge is 2.07. The zero-order valence-corrected chi connectivity index (χ0v) is 18.8. The van der Waals surface area contributed by atoms with Crippen molar-refractivity contribution < 1.29 is 9.84 Å². The Bertz CT molecular complexity index is 248. The third-order valence-electron chi connectivity index (χ3n) is 5.00. The maximum atomic E-state index is 9.45. The molecule has 0 bridgehead atoms. The second-order valence-corrected chi connectivity index (χ2v) is 8.85. The summed E-state index contributed by atoms with van der Waals surface area (Å²) in [6, 6.07) is 0. The minimum Gasteiger partial charge on any atom is -0.394 e. The first kappa shape index (κ1) is 26.3. The maximum Gasteiger partial charge on any atom is 0.0895 e. The lowest BCUT2D eigenvalue weighted by Gasteiger charge is -2.15. The van der Waals surface area contributed by atoms with Gasteiger partial charge in [-0.1, -0.05) is 104 Å². The van der Waals surface area contributed by atoms with E-state index in [1.807, 2.05) is 11.8 Å². The molecule has 0 heterocycles. The molecular weight excluding hydrogens is 340 g/mol. The molecular formula is C23H48O2S. The molecule has 0 saturated carbocycles. The van der Waals surface area contributed by atoms with Crippen LogP contribution in [0.15, 0.2) is 0 Å². The molecule has 0 aromatic carbocycles. The number of ether oxygens (including phenoxy) is 1. The third kappa shape index (κ3) is 20.6. The van der Waals surface area contributed by atoms with Crippen LogP contribution in [0, 0.1) is 0 Å². The summed E-state index contributed by atoms with van der Waals surface area (Å²) < 4.78 is 5.85. The monoisotopic (exact) mass is 388 g/mol. The van der Waals surface area contributed by atoms with Gasteiger partial charge < -0.3 is 9.84 Å². The van der Waals surface area contributed by atoms with Gasteiger partial charge in [-0.3, -0.25) is 0 Å². The largest absolute Gasteiger partial charge is 0.394 e. The maximum absolute atomic E-state index is 9.45.